The van der Waals surface area contributed by atoms with Crippen LogP contribution in [0.5, 0.6) is 0 Å². The van der Waals surface area contributed by atoms with E-state index < -0.39 is 0 Å². The lowest BCUT2D eigenvalue weighted by Gasteiger charge is -2.05. The summed E-state index contributed by atoms with van der Waals surface area (Å²) >= 11 is 7.58. The van der Waals surface area contributed by atoms with E-state index in [1.54, 1.807) is 18.3 Å². The van der Waals surface area contributed by atoms with Gasteiger partial charge in [-0.3, -0.25) is 9.78 Å². The first-order chi connectivity index (χ1) is 9.65. The van der Waals surface area contributed by atoms with Gasteiger partial charge in [0.25, 0.3) is 5.56 Å². The molecule has 2 aromatic heterocycles. The molecule has 1 N–H and O–H groups in total. The van der Waals surface area contributed by atoms with Crippen molar-refractivity contribution in [1.82, 2.24) is 19.9 Å². The molecule has 2 radical (unpaired) electrons. The van der Waals surface area contributed by atoms with Gasteiger partial charge < -0.3 is 4.98 Å². The molecule has 0 saturated carbocycles. The standard InChI is InChI=1S/C12H6BClN4OS/c13-8-3-16-9(4-15-8)20-7-2-1-6-10(11(7)14)12(19)18-5-17-6/h1-5H,(H,17,18,19). The lowest BCUT2D eigenvalue weighted by Crippen LogP contribution is -2.08. The smallest absolute Gasteiger partial charge is 0.260 e. The number of benzene rings is 1. The fourth-order valence-electron chi connectivity index (χ4n) is 1.67. The summed E-state index contributed by atoms with van der Waals surface area (Å²) in [5, 5.41) is 1.35. The van der Waals surface area contributed by atoms with Crippen LogP contribution in [0.1, 0.15) is 0 Å². The molecule has 0 fully saturated rings. The predicted octanol–water partition coefficient (Wildman–Crippen LogP) is 1.31. The van der Waals surface area contributed by atoms with Gasteiger partial charge in [-0.25, -0.2) is 9.97 Å². The minimum absolute atomic E-state index is 0.272. The van der Waals surface area contributed by atoms with Crippen LogP contribution < -0.4 is 11.2 Å². The second-order valence-electron chi connectivity index (χ2n) is 3.89. The topological polar surface area (TPSA) is 71.5 Å². The SMILES string of the molecule is [B]c1cnc(Sc2ccc3nc[nH]c(=O)c3c2Cl)cn1. The normalized spacial score (nSPS) is 10.8. The van der Waals surface area contributed by atoms with E-state index in [0.717, 1.165) is 0 Å². The van der Waals surface area contributed by atoms with Crippen molar-refractivity contribution in [3.63, 3.8) is 0 Å². The maximum atomic E-state index is 11.8. The van der Waals surface area contributed by atoms with Crippen LogP contribution in [0.4, 0.5) is 0 Å². The highest BCUT2D eigenvalue weighted by Gasteiger charge is 2.11. The summed E-state index contributed by atoms with van der Waals surface area (Å²) < 4.78 is 0. The Bertz CT molecular complexity index is 837. The molecule has 8 heteroatoms. The number of rotatable bonds is 2. The monoisotopic (exact) mass is 300 g/mol. The van der Waals surface area contributed by atoms with Gasteiger partial charge in [0.05, 0.1) is 28.4 Å². The van der Waals surface area contributed by atoms with Crippen molar-refractivity contribution < 1.29 is 0 Å². The third kappa shape index (κ3) is 2.42. The van der Waals surface area contributed by atoms with Gasteiger partial charge in [-0.1, -0.05) is 23.4 Å². The molecule has 20 heavy (non-hydrogen) atoms. The molecule has 0 bridgehead atoms. The molecule has 1 aromatic carbocycles. The van der Waals surface area contributed by atoms with Crippen molar-refractivity contribution in [1.29, 1.82) is 0 Å². The number of halogens is 1. The zero-order valence-electron chi connectivity index (χ0n) is 10.0. The minimum Gasteiger partial charge on any atom is -0.313 e. The Labute approximate surface area is 124 Å². The second-order valence-corrected chi connectivity index (χ2v) is 5.33. The van der Waals surface area contributed by atoms with Crippen LogP contribution >= 0.6 is 23.4 Å². The van der Waals surface area contributed by atoms with Gasteiger partial charge in [-0.2, -0.15) is 0 Å². The lowest BCUT2D eigenvalue weighted by atomic mass is 10.1. The molecule has 0 saturated heterocycles. The van der Waals surface area contributed by atoms with Crippen molar-refractivity contribution in [2.75, 3.05) is 0 Å². The van der Waals surface area contributed by atoms with E-state index in [1.165, 1.54) is 24.3 Å². The number of hydrogen-bond acceptors (Lipinski definition) is 5. The predicted molar refractivity (Wildman–Crippen MR) is 78.9 cm³/mol. The third-order valence-electron chi connectivity index (χ3n) is 2.57. The first-order valence-electron chi connectivity index (χ1n) is 5.56. The van der Waals surface area contributed by atoms with Crippen LogP contribution in [-0.4, -0.2) is 27.8 Å². The highest BCUT2D eigenvalue weighted by atomic mass is 35.5. The van der Waals surface area contributed by atoms with Crippen molar-refractivity contribution in [3.8, 4) is 0 Å². The van der Waals surface area contributed by atoms with Gasteiger partial charge >= 0.3 is 0 Å². The molecule has 2 heterocycles. The molecule has 0 atom stereocenters. The number of nitrogens with zero attached hydrogens (tertiary/aromatic N) is 3. The van der Waals surface area contributed by atoms with Gasteiger partial charge in [0.1, 0.15) is 12.9 Å². The van der Waals surface area contributed by atoms with E-state index in [4.69, 9.17) is 19.4 Å². The average Bonchev–Trinajstić information content (AvgIpc) is 2.44. The summed E-state index contributed by atoms with van der Waals surface area (Å²) in [6.07, 6.45) is 4.36. The maximum Gasteiger partial charge on any atom is 0.260 e. The molecule has 3 aromatic rings. The van der Waals surface area contributed by atoms with Crippen LogP contribution in [0.2, 0.25) is 5.02 Å². The summed E-state index contributed by atoms with van der Waals surface area (Å²) in [6, 6.07) is 3.53. The fourth-order valence-corrected chi connectivity index (χ4v) is 2.80. The summed E-state index contributed by atoms with van der Waals surface area (Å²) in [6.45, 7) is 0. The summed E-state index contributed by atoms with van der Waals surface area (Å²) in [4.78, 5) is 27.2. The zero-order valence-corrected chi connectivity index (χ0v) is 11.6. The molecule has 0 spiro atoms. The quantitative estimate of drug-likeness (QED) is 0.723. The van der Waals surface area contributed by atoms with E-state index in [1.807, 2.05) is 0 Å². The Morgan fingerprint density at radius 3 is 2.80 bits per heavy atom. The lowest BCUT2D eigenvalue weighted by molar-refractivity contribution is 1.08. The number of H-pyrrole nitrogens is 1. The molecule has 0 unspecified atom stereocenters. The van der Waals surface area contributed by atoms with Gasteiger partial charge in [0.15, 0.2) is 0 Å². The largest absolute Gasteiger partial charge is 0.313 e. The summed E-state index contributed by atoms with van der Waals surface area (Å²) in [5.74, 6) is 0. The van der Waals surface area contributed by atoms with E-state index in [0.29, 0.717) is 31.4 Å². The Morgan fingerprint density at radius 1 is 1.20 bits per heavy atom. The fraction of sp³-hybridized carbons (Fsp3) is 0. The van der Waals surface area contributed by atoms with E-state index in [-0.39, 0.29) is 5.56 Å². The van der Waals surface area contributed by atoms with Crippen molar-refractivity contribution >= 4 is 47.7 Å². The van der Waals surface area contributed by atoms with Gasteiger partial charge in [-0.05, 0) is 12.1 Å². The second kappa shape index (κ2) is 5.26. The van der Waals surface area contributed by atoms with Gasteiger partial charge in [0.2, 0.25) is 0 Å². The maximum absolute atomic E-state index is 11.8. The van der Waals surface area contributed by atoms with E-state index >= 15 is 0 Å². The summed E-state index contributed by atoms with van der Waals surface area (Å²) in [5.41, 5.74) is 0.622. The van der Waals surface area contributed by atoms with Crippen LogP contribution in [0, 0.1) is 0 Å². The van der Waals surface area contributed by atoms with Gasteiger partial charge in [0, 0.05) is 16.7 Å². The van der Waals surface area contributed by atoms with Crippen molar-refractivity contribution in [2.24, 2.45) is 0 Å². The Morgan fingerprint density at radius 2 is 2.05 bits per heavy atom. The highest BCUT2D eigenvalue weighted by Crippen LogP contribution is 2.34. The van der Waals surface area contributed by atoms with Crippen LogP contribution in [0.25, 0.3) is 10.9 Å². The number of aromatic nitrogens is 4. The van der Waals surface area contributed by atoms with E-state index in [9.17, 15) is 4.79 Å². The first kappa shape index (κ1) is 13.1. The minimum atomic E-state index is -0.272. The molecule has 5 nitrogen and oxygen atoms in total. The molecular formula is C12H6BClN4OS. The number of hydrogen-bond donors (Lipinski definition) is 1. The van der Waals surface area contributed by atoms with Crippen molar-refractivity contribution in [3.05, 3.63) is 46.2 Å². The summed E-state index contributed by atoms with van der Waals surface area (Å²) in [7, 11) is 5.48. The first-order valence-corrected chi connectivity index (χ1v) is 6.76. The third-order valence-corrected chi connectivity index (χ3v) is 4.06. The number of aromatic amines is 1. The zero-order chi connectivity index (χ0) is 14.1. The molecule has 3 rings (SSSR count). The molecular weight excluding hydrogens is 294 g/mol. The Kier molecular flexibility index (Phi) is 3.46. The van der Waals surface area contributed by atoms with Crippen molar-refractivity contribution in [2.45, 2.75) is 9.92 Å². The molecule has 0 amide bonds. The van der Waals surface area contributed by atoms with E-state index in [2.05, 4.69) is 19.9 Å². The van der Waals surface area contributed by atoms with Crippen LogP contribution in [0.15, 0.2) is 45.6 Å². The molecule has 0 aliphatic rings. The number of nitrogens with one attached hydrogen (secondary N) is 1. The average molecular weight is 301 g/mol. The Balaban J connectivity index is 2.08. The highest BCUT2D eigenvalue weighted by molar-refractivity contribution is 7.99. The Hall–Kier alpha value is -1.86. The number of fused-ring (bicyclic) bond motifs is 1. The molecule has 96 valence electrons. The molecule has 0 aliphatic carbocycles. The molecule has 0 aliphatic heterocycles. The van der Waals surface area contributed by atoms with Crippen LogP contribution in [-0.2, 0) is 0 Å². The van der Waals surface area contributed by atoms with Gasteiger partial charge in [-0.15, -0.1) is 0 Å². The van der Waals surface area contributed by atoms with Crippen LogP contribution in [0.3, 0.4) is 0 Å².